The summed E-state index contributed by atoms with van der Waals surface area (Å²) in [6.07, 6.45) is 0. The van der Waals surface area contributed by atoms with Crippen LogP contribution in [0.3, 0.4) is 0 Å². The van der Waals surface area contributed by atoms with Crippen molar-refractivity contribution in [3.05, 3.63) is 48.5 Å². The summed E-state index contributed by atoms with van der Waals surface area (Å²) in [7, 11) is 0. The summed E-state index contributed by atoms with van der Waals surface area (Å²) < 4.78 is 5.18. The van der Waals surface area contributed by atoms with Gasteiger partial charge >= 0.3 is 0 Å². The Morgan fingerprint density at radius 2 is 1.57 bits per heavy atom. The number of hydrogen-bond donors (Lipinski definition) is 1. The molecule has 14 heavy (non-hydrogen) atoms. The van der Waals surface area contributed by atoms with Crippen LogP contribution in [-0.2, 0) is 0 Å². The number of fused-ring (bicyclic) bond motifs is 1. The molecule has 0 atom stereocenters. The summed E-state index contributed by atoms with van der Waals surface area (Å²) in [6, 6.07) is 15.0. The van der Waals surface area contributed by atoms with E-state index in [9.17, 15) is 0 Å². The van der Waals surface area contributed by atoms with Gasteiger partial charge in [0.1, 0.15) is 0 Å². The quantitative estimate of drug-likeness (QED) is 0.687. The van der Waals surface area contributed by atoms with Gasteiger partial charge in [0.2, 0.25) is 0 Å². The Kier molecular flexibility index (Phi) is 2.32. The lowest BCUT2D eigenvalue weighted by molar-refractivity contribution is 0.450. The molecule has 1 heterocycles. The molecule has 0 unspecified atom stereocenters. The van der Waals surface area contributed by atoms with Crippen LogP contribution in [0.15, 0.2) is 53.1 Å². The predicted octanol–water partition coefficient (Wildman–Crippen LogP) is 2.53. The second-order valence-electron chi connectivity index (χ2n) is 2.86. The van der Waals surface area contributed by atoms with E-state index in [0.717, 1.165) is 5.39 Å². The zero-order chi connectivity index (χ0) is 9.80. The van der Waals surface area contributed by atoms with Gasteiger partial charge in [-0.3, -0.25) is 0 Å². The molecule has 1 aromatic heterocycles. The van der Waals surface area contributed by atoms with Crippen molar-refractivity contribution in [2.24, 2.45) is 0 Å². The highest BCUT2D eigenvalue weighted by molar-refractivity contribution is 5.75. The van der Waals surface area contributed by atoms with Crippen LogP contribution in [0.4, 0.5) is 5.82 Å². The Labute approximate surface area is 81.5 Å². The maximum atomic E-state index is 5.54. The van der Waals surface area contributed by atoms with Crippen LogP contribution in [0.5, 0.6) is 0 Å². The zero-order valence-corrected chi connectivity index (χ0v) is 7.55. The van der Waals surface area contributed by atoms with Crippen LogP contribution >= 0.6 is 0 Å². The van der Waals surface area contributed by atoms with Crippen molar-refractivity contribution >= 4 is 16.8 Å². The highest BCUT2D eigenvalue weighted by Crippen LogP contribution is 2.09. The smallest absolute Gasteiger partial charge is 0.165 e. The predicted molar refractivity (Wildman–Crippen MR) is 56.0 cm³/mol. The van der Waals surface area contributed by atoms with Gasteiger partial charge in [0.05, 0.1) is 0 Å². The molecule has 0 aliphatic rings. The normalized spacial score (nSPS) is 9.71. The lowest BCUT2D eigenvalue weighted by Crippen LogP contribution is -1.83. The number of nitrogens with two attached hydrogens (primary N) is 1. The van der Waals surface area contributed by atoms with E-state index in [1.54, 1.807) is 6.07 Å². The molecule has 0 spiro atoms. The Hall–Kier alpha value is -2.03. The van der Waals surface area contributed by atoms with E-state index in [2.05, 4.69) is 5.16 Å². The summed E-state index contributed by atoms with van der Waals surface area (Å²) in [5, 5.41) is 4.73. The van der Waals surface area contributed by atoms with Crippen LogP contribution < -0.4 is 5.73 Å². The number of aromatic nitrogens is 1. The molecule has 0 fully saturated rings. The molecule has 70 valence electrons. The van der Waals surface area contributed by atoms with Crippen molar-refractivity contribution in [2.45, 2.75) is 0 Å². The third kappa shape index (κ3) is 1.82. The van der Waals surface area contributed by atoms with Gasteiger partial charge in [-0.2, -0.15) is 0 Å². The summed E-state index contributed by atoms with van der Waals surface area (Å²) in [4.78, 5) is 0. The monoisotopic (exact) mass is 186 g/mol. The Balaban J connectivity index is 2.81. The van der Waals surface area contributed by atoms with Crippen molar-refractivity contribution in [1.82, 2.24) is 5.16 Å². The van der Waals surface area contributed by atoms with Crippen molar-refractivity contribution in [3.8, 4) is 0 Å². The Morgan fingerprint density at radius 3 is 2.36 bits per heavy atom. The number of benzene rings is 1. The van der Waals surface area contributed by atoms with Crippen molar-refractivity contribution in [2.75, 3.05) is 5.73 Å². The van der Waals surface area contributed by atoms with E-state index in [0.29, 0.717) is 11.4 Å². The minimum atomic E-state index is 0.353. The van der Waals surface area contributed by atoms with Crippen LogP contribution in [0, 0.1) is 0 Å². The molecule has 0 saturated heterocycles. The molecular weight excluding hydrogens is 176 g/mol. The lowest BCUT2D eigenvalue weighted by atomic mass is 10.2. The number of nitrogens with zero attached hydrogens (tertiary/aromatic N) is 1. The number of rotatable bonds is 0. The maximum Gasteiger partial charge on any atom is 0.165 e. The van der Waals surface area contributed by atoms with Gasteiger partial charge in [-0.15, -0.1) is 0 Å². The second-order valence-corrected chi connectivity index (χ2v) is 2.86. The number of para-hydroxylation sites is 1. The Bertz CT molecular complexity index is 489. The van der Waals surface area contributed by atoms with Gasteiger partial charge in [0.15, 0.2) is 11.4 Å². The fourth-order valence-corrected chi connectivity index (χ4v) is 1.15. The molecule has 0 aliphatic carbocycles. The van der Waals surface area contributed by atoms with Gasteiger partial charge in [-0.1, -0.05) is 41.6 Å². The fourth-order valence-electron chi connectivity index (χ4n) is 1.15. The van der Waals surface area contributed by atoms with Crippen LogP contribution in [0.2, 0.25) is 0 Å². The fraction of sp³-hybridized carbons (Fsp3) is 0. The first-order valence-electron chi connectivity index (χ1n) is 4.30. The van der Waals surface area contributed by atoms with E-state index >= 15 is 0 Å². The standard InChI is InChI=1S/C11H10N2O/c12-11-8-4-2-6-9-5-1-3-7-10(9)14-13-11/h1-8H,(H2,12,13). The minimum Gasteiger partial charge on any atom is -0.381 e. The van der Waals surface area contributed by atoms with Crippen LogP contribution in [-0.4, -0.2) is 5.16 Å². The summed E-state index contributed by atoms with van der Waals surface area (Å²) in [6.45, 7) is 0. The van der Waals surface area contributed by atoms with E-state index in [1.165, 1.54) is 0 Å². The molecule has 3 heteroatoms. The molecule has 0 aliphatic heterocycles. The molecule has 0 radical (unpaired) electrons. The summed E-state index contributed by atoms with van der Waals surface area (Å²) >= 11 is 0. The largest absolute Gasteiger partial charge is 0.381 e. The van der Waals surface area contributed by atoms with Crippen molar-refractivity contribution in [1.29, 1.82) is 0 Å². The third-order valence-electron chi connectivity index (χ3n) is 1.82. The topological polar surface area (TPSA) is 52.0 Å². The van der Waals surface area contributed by atoms with Crippen LogP contribution in [0.25, 0.3) is 11.0 Å². The zero-order valence-electron chi connectivity index (χ0n) is 7.55. The molecule has 2 rings (SSSR count). The number of anilines is 1. The molecule has 3 nitrogen and oxygen atoms in total. The molecular formula is C11H10N2O. The maximum absolute atomic E-state index is 5.54. The number of hydrogen-bond acceptors (Lipinski definition) is 3. The van der Waals surface area contributed by atoms with Crippen molar-refractivity contribution in [3.63, 3.8) is 0 Å². The molecule has 0 saturated carbocycles. The van der Waals surface area contributed by atoms with Gasteiger partial charge in [0, 0.05) is 5.39 Å². The molecule has 2 N–H and O–H groups in total. The first-order valence-corrected chi connectivity index (χ1v) is 4.30. The van der Waals surface area contributed by atoms with Gasteiger partial charge in [0.25, 0.3) is 0 Å². The summed E-state index contributed by atoms with van der Waals surface area (Å²) in [5.74, 6) is 0.353. The average Bonchev–Trinajstić information content (AvgIpc) is 2.30. The molecule has 2 aromatic rings. The summed E-state index contributed by atoms with van der Waals surface area (Å²) in [5.41, 5.74) is 6.24. The van der Waals surface area contributed by atoms with Crippen molar-refractivity contribution < 1.29 is 4.52 Å². The first-order chi connectivity index (χ1) is 6.86. The average molecular weight is 186 g/mol. The molecule has 0 amide bonds. The third-order valence-corrected chi connectivity index (χ3v) is 1.82. The van der Waals surface area contributed by atoms with E-state index in [4.69, 9.17) is 10.3 Å². The van der Waals surface area contributed by atoms with E-state index < -0.39 is 0 Å². The van der Waals surface area contributed by atoms with E-state index in [-0.39, 0.29) is 0 Å². The SMILES string of the molecule is Nc1ccccc2ccccc2on1. The highest BCUT2D eigenvalue weighted by Gasteiger charge is 1.88. The van der Waals surface area contributed by atoms with Gasteiger partial charge in [-0.25, -0.2) is 0 Å². The molecule has 1 aromatic carbocycles. The number of nitrogen functional groups attached to an aromatic ring is 1. The first kappa shape index (κ1) is 8.56. The van der Waals surface area contributed by atoms with Crippen LogP contribution in [0.1, 0.15) is 0 Å². The lowest BCUT2D eigenvalue weighted by Gasteiger charge is -1.87. The molecule has 0 bridgehead atoms. The Morgan fingerprint density at radius 1 is 0.929 bits per heavy atom. The van der Waals surface area contributed by atoms with Gasteiger partial charge in [-0.05, 0) is 12.1 Å². The van der Waals surface area contributed by atoms with E-state index in [1.807, 2.05) is 42.5 Å². The highest BCUT2D eigenvalue weighted by atomic mass is 16.5. The van der Waals surface area contributed by atoms with Gasteiger partial charge < -0.3 is 10.3 Å². The second kappa shape index (κ2) is 3.79. The minimum absolute atomic E-state index is 0.353.